The number of hydrogen-bond donors (Lipinski definition) is 3. The Morgan fingerprint density at radius 1 is 1.10 bits per heavy atom. The molecule has 2 saturated heterocycles. The first-order chi connectivity index (χ1) is 19.7. The Hall–Kier alpha value is -4.01. The summed E-state index contributed by atoms with van der Waals surface area (Å²) in [5, 5.41) is 19.7. The highest BCUT2D eigenvalue weighted by Gasteiger charge is 2.27. The number of carboxylic acid groups (broad SMARTS) is 1. The Morgan fingerprint density at radius 2 is 1.83 bits per heavy atom. The summed E-state index contributed by atoms with van der Waals surface area (Å²) >= 11 is 0.848. The number of carbonyl (C=O) groups excluding carboxylic acids is 3. The van der Waals surface area contributed by atoms with Crippen LogP contribution >= 0.6 is 11.3 Å². The summed E-state index contributed by atoms with van der Waals surface area (Å²) in [6.07, 6.45) is 0.398. The monoisotopic (exact) mass is 584 g/mol. The maximum absolute atomic E-state index is 13.6. The van der Waals surface area contributed by atoms with Crippen LogP contribution in [0.2, 0.25) is 0 Å². The van der Waals surface area contributed by atoms with Gasteiger partial charge >= 0.3 is 12.1 Å². The van der Waals surface area contributed by atoms with Gasteiger partial charge in [-0.3, -0.25) is 9.59 Å². The number of nitrogens with zero attached hydrogens (tertiary/aromatic N) is 4. The standard InChI is InChI=1S/C27H32N6O7S/c1-3-40-27(38)33-25-19(15-21(41-25)26(36)37)22(30-33)29-24(35)18-5-4-17(32-10-8-31(2)9-11-32)14-20(18)28-23(34)16-6-12-39-13-7-16/h4-5,14-16H,3,6-13H2,1-2H3,(H,28,34)(H,36,37)(H,29,30,35). The summed E-state index contributed by atoms with van der Waals surface area (Å²) in [6, 6.07) is 6.64. The summed E-state index contributed by atoms with van der Waals surface area (Å²) in [4.78, 5) is 55.6. The molecule has 0 spiro atoms. The van der Waals surface area contributed by atoms with Crippen LogP contribution in [0.4, 0.5) is 22.0 Å². The molecule has 0 bridgehead atoms. The van der Waals surface area contributed by atoms with Gasteiger partial charge in [-0.15, -0.1) is 16.4 Å². The number of thiophene rings is 1. The van der Waals surface area contributed by atoms with Crippen molar-refractivity contribution in [3.63, 3.8) is 0 Å². The molecule has 5 rings (SSSR count). The van der Waals surface area contributed by atoms with Crippen LogP contribution in [-0.4, -0.2) is 96.7 Å². The quantitative estimate of drug-likeness (QED) is 0.377. The number of aromatic carboxylic acids is 1. The Balaban J connectivity index is 1.47. The van der Waals surface area contributed by atoms with Crippen molar-refractivity contribution in [3.05, 3.63) is 34.7 Å². The van der Waals surface area contributed by atoms with Gasteiger partial charge in [0.1, 0.15) is 9.71 Å². The van der Waals surface area contributed by atoms with Crippen LogP contribution < -0.4 is 15.5 Å². The average Bonchev–Trinajstić information content (AvgIpc) is 3.55. The Bertz CT molecular complexity index is 1470. The molecule has 0 saturated carbocycles. The maximum Gasteiger partial charge on any atom is 0.436 e. The van der Waals surface area contributed by atoms with E-state index < -0.39 is 18.0 Å². The molecule has 3 aromatic rings. The zero-order chi connectivity index (χ0) is 29.1. The third-order valence-electron chi connectivity index (χ3n) is 7.21. The van der Waals surface area contributed by atoms with E-state index in [2.05, 4.69) is 32.6 Å². The van der Waals surface area contributed by atoms with E-state index in [1.165, 1.54) is 6.07 Å². The second kappa shape index (κ2) is 12.2. The molecule has 0 unspecified atom stereocenters. The molecule has 0 aliphatic carbocycles. The highest BCUT2D eigenvalue weighted by Crippen LogP contribution is 2.33. The molecule has 0 radical (unpaired) electrons. The minimum Gasteiger partial charge on any atom is -0.477 e. The van der Waals surface area contributed by atoms with E-state index in [9.17, 15) is 24.3 Å². The van der Waals surface area contributed by atoms with Gasteiger partial charge in [-0.2, -0.15) is 4.68 Å². The topological polar surface area (TPSA) is 155 Å². The number of piperazine rings is 1. The van der Waals surface area contributed by atoms with Gasteiger partial charge in [0.2, 0.25) is 5.91 Å². The van der Waals surface area contributed by atoms with Crippen LogP contribution in [0.15, 0.2) is 24.3 Å². The van der Waals surface area contributed by atoms with Gasteiger partial charge in [-0.05, 0) is 51.1 Å². The zero-order valence-electron chi connectivity index (χ0n) is 22.8. The minimum atomic E-state index is -1.17. The van der Waals surface area contributed by atoms with Gasteiger partial charge in [0.05, 0.1) is 23.2 Å². The number of ether oxygens (including phenoxy) is 2. The lowest BCUT2D eigenvalue weighted by Gasteiger charge is -2.34. The Labute approximate surface area is 240 Å². The third-order valence-corrected chi connectivity index (χ3v) is 8.31. The Morgan fingerprint density at radius 3 is 2.51 bits per heavy atom. The van der Waals surface area contributed by atoms with E-state index in [1.807, 2.05) is 6.07 Å². The largest absolute Gasteiger partial charge is 0.477 e. The number of hydrogen-bond acceptors (Lipinski definition) is 10. The zero-order valence-corrected chi connectivity index (χ0v) is 23.7. The smallest absolute Gasteiger partial charge is 0.436 e. The highest BCUT2D eigenvalue weighted by molar-refractivity contribution is 7.20. The Kier molecular flexibility index (Phi) is 8.52. The van der Waals surface area contributed by atoms with Crippen LogP contribution in [0, 0.1) is 5.92 Å². The number of amides is 2. The molecule has 4 heterocycles. The van der Waals surface area contributed by atoms with Gasteiger partial charge in [0.15, 0.2) is 5.82 Å². The molecule has 2 aliphatic heterocycles. The van der Waals surface area contributed by atoms with Crippen molar-refractivity contribution in [1.29, 1.82) is 0 Å². The molecule has 2 aromatic heterocycles. The summed E-state index contributed by atoms with van der Waals surface area (Å²) in [6.45, 7) is 6.14. The molecular formula is C27H32N6O7S. The molecule has 13 nitrogen and oxygen atoms in total. The average molecular weight is 585 g/mol. The fourth-order valence-corrected chi connectivity index (χ4v) is 5.82. The van der Waals surface area contributed by atoms with Crippen molar-refractivity contribution in [2.45, 2.75) is 19.8 Å². The number of rotatable bonds is 7. The first kappa shape index (κ1) is 28.5. The van der Waals surface area contributed by atoms with Crippen molar-refractivity contribution >= 4 is 62.6 Å². The van der Waals surface area contributed by atoms with E-state index in [4.69, 9.17) is 9.47 Å². The van der Waals surface area contributed by atoms with Gasteiger partial charge in [0.25, 0.3) is 5.91 Å². The molecular weight excluding hydrogens is 552 g/mol. The predicted octanol–water partition coefficient (Wildman–Crippen LogP) is 3.17. The van der Waals surface area contributed by atoms with Crippen molar-refractivity contribution in [3.8, 4) is 0 Å². The van der Waals surface area contributed by atoms with Gasteiger partial charge < -0.3 is 35.0 Å². The van der Waals surface area contributed by atoms with E-state index >= 15 is 0 Å². The lowest BCUT2D eigenvalue weighted by atomic mass is 9.99. The summed E-state index contributed by atoms with van der Waals surface area (Å²) < 4.78 is 11.4. The van der Waals surface area contributed by atoms with E-state index in [0.717, 1.165) is 47.9 Å². The first-order valence-corrected chi connectivity index (χ1v) is 14.3. The third kappa shape index (κ3) is 6.19. The van der Waals surface area contributed by atoms with Crippen molar-refractivity contribution < 1.29 is 33.8 Å². The molecule has 2 amide bonds. The SMILES string of the molecule is CCOC(=O)n1nc(NC(=O)c2ccc(N3CCN(C)CC3)cc2NC(=O)C2CCOCC2)c2cc(C(=O)O)sc21. The number of nitrogens with one attached hydrogen (secondary N) is 2. The lowest BCUT2D eigenvalue weighted by Crippen LogP contribution is -2.44. The van der Waals surface area contributed by atoms with Gasteiger partial charge in [-0.25, -0.2) is 9.59 Å². The maximum atomic E-state index is 13.6. The summed E-state index contributed by atoms with van der Waals surface area (Å²) in [7, 11) is 2.07. The molecule has 3 N–H and O–H groups in total. The number of fused-ring (bicyclic) bond motifs is 1. The second-order valence-corrected chi connectivity index (χ2v) is 11.0. The number of benzene rings is 1. The van der Waals surface area contributed by atoms with E-state index in [-0.39, 0.29) is 44.9 Å². The van der Waals surface area contributed by atoms with Crippen LogP contribution in [0.3, 0.4) is 0 Å². The predicted molar refractivity (Wildman–Crippen MR) is 153 cm³/mol. The molecule has 1 aromatic carbocycles. The number of carboxylic acids is 1. The molecule has 41 heavy (non-hydrogen) atoms. The number of anilines is 3. The van der Waals surface area contributed by atoms with Crippen molar-refractivity contribution in [2.24, 2.45) is 5.92 Å². The fourth-order valence-electron chi connectivity index (χ4n) is 4.88. The van der Waals surface area contributed by atoms with Crippen LogP contribution in [0.25, 0.3) is 10.2 Å². The molecule has 2 aliphatic rings. The van der Waals surface area contributed by atoms with Gasteiger partial charge in [0, 0.05) is 51.0 Å². The van der Waals surface area contributed by atoms with Crippen molar-refractivity contribution in [1.82, 2.24) is 14.7 Å². The van der Waals surface area contributed by atoms with Crippen molar-refractivity contribution in [2.75, 3.05) is 68.6 Å². The molecule has 14 heteroatoms. The van der Waals surface area contributed by atoms with Crippen LogP contribution in [-0.2, 0) is 14.3 Å². The summed E-state index contributed by atoms with van der Waals surface area (Å²) in [5.74, 6) is -2.15. The number of carbonyl (C=O) groups is 4. The summed E-state index contributed by atoms with van der Waals surface area (Å²) in [5.41, 5.74) is 1.44. The minimum absolute atomic E-state index is 0.00616. The van der Waals surface area contributed by atoms with Crippen LogP contribution in [0.5, 0.6) is 0 Å². The number of aromatic nitrogens is 2. The molecule has 218 valence electrons. The van der Waals surface area contributed by atoms with E-state index in [1.54, 1.807) is 19.1 Å². The lowest BCUT2D eigenvalue weighted by molar-refractivity contribution is -0.122. The highest BCUT2D eigenvalue weighted by atomic mass is 32.1. The fraction of sp³-hybridized carbons (Fsp3) is 0.444. The number of likely N-dealkylation sites (N-methyl/N-ethyl adjacent to an activating group) is 1. The first-order valence-electron chi connectivity index (χ1n) is 13.5. The van der Waals surface area contributed by atoms with Crippen LogP contribution in [0.1, 0.15) is 39.8 Å². The second-order valence-electron chi connectivity index (χ2n) is 9.94. The van der Waals surface area contributed by atoms with Gasteiger partial charge in [-0.1, -0.05) is 0 Å². The normalized spacial score (nSPS) is 16.5. The molecule has 2 fully saturated rings. The molecule has 0 atom stereocenters. The van der Waals surface area contributed by atoms with E-state index in [0.29, 0.717) is 31.7 Å².